The van der Waals surface area contributed by atoms with Crippen LogP contribution < -0.4 is 5.32 Å². The van der Waals surface area contributed by atoms with Crippen molar-refractivity contribution in [3.63, 3.8) is 0 Å². The average molecular weight is 295 g/mol. The number of nitrogens with one attached hydrogen (secondary N) is 1. The van der Waals surface area contributed by atoms with Gasteiger partial charge in [-0.3, -0.25) is 0 Å². The molecule has 1 atom stereocenters. The van der Waals surface area contributed by atoms with Gasteiger partial charge in [0.2, 0.25) is 0 Å². The van der Waals surface area contributed by atoms with Crippen LogP contribution in [0.1, 0.15) is 26.2 Å². The molecule has 4 heteroatoms. The van der Waals surface area contributed by atoms with Gasteiger partial charge in [0.05, 0.1) is 12.6 Å². The Labute approximate surface area is 124 Å². The third-order valence-electron chi connectivity index (χ3n) is 3.19. The summed E-state index contributed by atoms with van der Waals surface area (Å²) < 4.78 is 19.4. The molecule has 0 bridgehead atoms. The van der Waals surface area contributed by atoms with Crippen molar-refractivity contribution in [2.24, 2.45) is 0 Å². The van der Waals surface area contributed by atoms with Crippen LogP contribution >= 0.6 is 11.8 Å². The summed E-state index contributed by atoms with van der Waals surface area (Å²) in [7, 11) is 0. The van der Waals surface area contributed by atoms with Crippen LogP contribution in [0.5, 0.6) is 0 Å². The summed E-state index contributed by atoms with van der Waals surface area (Å²) in [6.07, 6.45) is 5.40. The molecule has 1 heterocycles. The van der Waals surface area contributed by atoms with Crippen LogP contribution in [0.2, 0.25) is 0 Å². The van der Waals surface area contributed by atoms with Gasteiger partial charge in [-0.15, -0.1) is 11.8 Å². The first-order valence-electron chi connectivity index (χ1n) is 7.25. The normalized spacial score (nSPS) is 16.4. The highest BCUT2D eigenvalue weighted by molar-refractivity contribution is 7.99. The molecule has 1 aliphatic heterocycles. The van der Waals surface area contributed by atoms with Crippen LogP contribution in [-0.2, 0) is 4.74 Å². The molecule has 0 aliphatic carbocycles. The maximum absolute atomic E-state index is 13.6. The molecule has 1 aliphatic rings. The molecule has 0 amide bonds. The number of allylic oxidation sites excluding steroid dienone is 1. The molecule has 0 saturated carbocycles. The van der Waals surface area contributed by atoms with E-state index in [2.05, 4.69) is 18.3 Å². The third-order valence-corrected chi connectivity index (χ3v) is 4.33. The Morgan fingerprint density at radius 2 is 2.25 bits per heavy atom. The Morgan fingerprint density at radius 3 is 2.95 bits per heavy atom. The van der Waals surface area contributed by atoms with Crippen LogP contribution in [0.25, 0.3) is 0 Å². The van der Waals surface area contributed by atoms with E-state index in [1.807, 2.05) is 12.1 Å². The van der Waals surface area contributed by atoms with Gasteiger partial charge in [-0.25, -0.2) is 4.39 Å². The lowest BCUT2D eigenvalue weighted by molar-refractivity contribution is 0.171. The molecule has 1 unspecified atom stereocenters. The van der Waals surface area contributed by atoms with Gasteiger partial charge >= 0.3 is 0 Å². The minimum atomic E-state index is -0.148. The minimum Gasteiger partial charge on any atom is -0.497 e. The fraction of sp³-hybridized carbons (Fsp3) is 0.500. The largest absolute Gasteiger partial charge is 0.497 e. The maximum atomic E-state index is 13.6. The van der Waals surface area contributed by atoms with Crippen LogP contribution in [-0.4, -0.2) is 24.9 Å². The number of ether oxygens (including phenoxy) is 1. The van der Waals surface area contributed by atoms with Crippen molar-refractivity contribution in [1.29, 1.82) is 0 Å². The molecular weight excluding hydrogens is 273 g/mol. The Kier molecular flexibility index (Phi) is 6.40. The van der Waals surface area contributed by atoms with E-state index in [0.717, 1.165) is 43.9 Å². The summed E-state index contributed by atoms with van der Waals surface area (Å²) in [5.74, 6) is 1.66. The van der Waals surface area contributed by atoms with Crippen molar-refractivity contribution in [3.05, 3.63) is 41.9 Å². The van der Waals surface area contributed by atoms with Crippen molar-refractivity contribution in [2.75, 3.05) is 18.9 Å². The second kappa shape index (κ2) is 8.32. The molecule has 0 radical (unpaired) electrons. The molecular formula is C16H22FNOS. The second-order valence-corrected chi connectivity index (χ2v) is 5.91. The number of rotatable bonds is 7. The number of benzene rings is 1. The summed E-state index contributed by atoms with van der Waals surface area (Å²) in [6.45, 7) is 3.88. The van der Waals surface area contributed by atoms with Crippen molar-refractivity contribution in [3.8, 4) is 0 Å². The molecule has 0 aromatic heterocycles. The zero-order chi connectivity index (χ0) is 14.2. The zero-order valence-electron chi connectivity index (χ0n) is 11.9. The molecule has 0 spiro atoms. The molecule has 2 nitrogen and oxygen atoms in total. The Balaban J connectivity index is 1.96. The van der Waals surface area contributed by atoms with Gasteiger partial charge in [-0.2, -0.15) is 0 Å². The van der Waals surface area contributed by atoms with Crippen molar-refractivity contribution in [1.82, 2.24) is 5.32 Å². The summed E-state index contributed by atoms with van der Waals surface area (Å²) in [5, 5.41) is 3.49. The molecule has 20 heavy (non-hydrogen) atoms. The van der Waals surface area contributed by atoms with Gasteiger partial charge in [-0.1, -0.05) is 19.1 Å². The van der Waals surface area contributed by atoms with E-state index in [0.29, 0.717) is 4.90 Å². The molecule has 110 valence electrons. The maximum Gasteiger partial charge on any atom is 0.136 e. The summed E-state index contributed by atoms with van der Waals surface area (Å²) in [4.78, 5) is 0.701. The fourth-order valence-corrected chi connectivity index (χ4v) is 3.12. The van der Waals surface area contributed by atoms with Crippen molar-refractivity contribution >= 4 is 11.8 Å². The topological polar surface area (TPSA) is 21.3 Å². The van der Waals surface area contributed by atoms with Gasteiger partial charge in [0.1, 0.15) is 11.6 Å². The molecule has 1 aromatic rings. The highest BCUT2D eigenvalue weighted by Gasteiger charge is 2.18. The van der Waals surface area contributed by atoms with Crippen molar-refractivity contribution in [2.45, 2.75) is 37.1 Å². The summed E-state index contributed by atoms with van der Waals surface area (Å²) in [5.41, 5.74) is 0. The van der Waals surface area contributed by atoms with Crippen LogP contribution in [0.4, 0.5) is 4.39 Å². The molecule has 1 N–H and O–H groups in total. The number of hydrogen-bond donors (Lipinski definition) is 1. The SMILES string of the molecule is CCCNC(CSc1ccccc1F)C1=CCCCO1. The third kappa shape index (κ3) is 4.53. The molecule has 0 fully saturated rings. The predicted octanol–water partition coefficient (Wildman–Crippen LogP) is 3.98. The van der Waals surface area contributed by atoms with E-state index in [4.69, 9.17) is 4.74 Å². The van der Waals surface area contributed by atoms with Gasteiger partial charge < -0.3 is 10.1 Å². The van der Waals surface area contributed by atoms with Crippen molar-refractivity contribution < 1.29 is 9.13 Å². The predicted molar refractivity (Wildman–Crippen MR) is 82.5 cm³/mol. The number of hydrogen-bond acceptors (Lipinski definition) is 3. The fourth-order valence-electron chi connectivity index (χ4n) is 2.11. The Hall–Kier alpha value is -1.00. The highest BCUT2D eigenvalue weighted by atomic mass is 32.2. The smallest absolute Gasteiger partial charge is 0.136 e. The van der Waals surface area contributed by atoms with Gasteiger partial charge in [0.15, 0.2) is 0 Å². The van der Waals surface area contributed by atoms with Crippen LogP contribution in [0.3, 0.4) is 0 Å². The zero-order valence-corrected chi connectivity index (χ0v) is 12.7. The number of thioether (sulfide) groups is 1. The number of halogens is 1. The van der Waals surface area contributed by atoms with E-state index in [1.54, 1.807) is 17.8 Å². The average Bonchev–Trinajstić information content (AvgIpc) is 2.50. The first-order chi connectivity index (χ1) is 9.81. The first kappa shape index (κ1) is 15.4. The quantitative estimate of drug-likeness (QED) is 0.769. The van der Waals surface area contributed by atoms with Gasteiger partial charge in [0, 0.05) is 10.6 Å². The molecule has 1 aromatic carbocycles. The van der Waals surface area contributed by atoms with E-state index >= 15 is 0 Å². The van der Waals surface area contributed by atoms with Crippen LogP contribution in [0.15, 0.2) is 41.0 Å². The lowest BCUT2D eigenvalue weighted by atomic mass is 10.1. The van der Waals surface area contributed by atoms with E-state index in [-0.39, 0.29) is 11.9 Å². The van der Waals surface area contributed by atoms with Gasteiger partial charge in [0.25, 0.3) is 0 Å². The standard InChI is InChI=1S/C16H22FNOS/c1-2-10-18-14(15-8-5-6-11-19-15)12-20-16-9-4-3-7-13(16)17/h3-4,7-9,14,18H,2,5-6,10-12H2,1H3. The molecule has 2 rings (SSSR count). The van der Waals surface area contributed by atoms with Gasteiger partial charge in [-0.05, 0) is 44.0 Å². The monoisotopic (exact) mass is 295 g/mol. The lowest BCUT2D eigenvalue weighted by Gasteiger charge is -2.24. The summed E-state index contributed by atoms with van der Waals surface area (Å²) >= 11 is 1.54. The molecule has 0 saturated heterocycles. The van der Waals surface area contributed by atoms with E-state index < -0.39 is 0 Å². The van der Waals surface area contributed by atoms with E-state index in [1.165, 1.54) is 6.07 Å². The Morgan fingerprint density at radius 1 is 1.40 bits per heavy atom. The summed E-state index contributed by atoms with van der Waals surface area (Å²) in [6, 6.07) is 7.09. The second-order valence-electron chi connectivity index (χ2n) is 4.85. The lowest BCUT2D eigenvalue weighted by Crippen LogP contribution is -2.35. The Bertz CT molecular complexity index is 450. The highest BCUT2D eigenvalue weighted by Crippen LogP contribution is 2.25. The minimum absolute atomic E-state index is 0.148. The first-order valence-corrected chi connectivity index (χ1v) is 8.23. The van der Waals surface area contributed by atoms with Crippen LogP contribution in [0, 0.1) is 5.82 Å². The van der Waals surface area contributed by atoms with E-state index in [9.17, 15) is 4.39 Å².